The molecule has 0 radical (unpaired) electrons. The second-order valence-electron chi connectivity index (χ2n) is 3.72. The molecule has 4 nitrogen and oxygen atoms in total. The molecule has 0 spiro atoms. The lowest BCUT2D eigenvalue weighted by atomic mass is 10.4. The van der Waals surface area contributed by atoms with E-state index in [1.807, 2.05) is 26.0 Å². The first-order chi connectivity index (χ1) is 8.70. The number of carbonyl (C=O) groups is 1. The number of furan rings is 1. The van der Waals surface area contributed by atoms with Crippen molar-refractivity contribution < 1.29 is 9.21 Å². The minimum atomic E-state index is -0.0927. The number of nitrogens with zero attached hydrogens (tertiary/aromatic N) is 1. The number of allylic oxidation sites excluding steroid dienone is 1. The van der Waals surface area contributed by atoms with Crippen LogP contribution in [0, 0.1) is 6.92 Å². The van der Waals surface area contributed by atoms with Crippen molar-refractivity contribution >= 4 is 17.2 Å². The van der Waals surface area contributed by atoms with E-state index < -0.39 is 0 Å². The molecule has 0 unspecified atom stereocenters. The molecule has 2 heterocycles. The van der Waals surface area contributed by atoms with Crippen molar-refractivity contribution in [1.82, 2.24) is 10.3 Å². The normalized spacial score (nSPS) is 11.0. The van der Waals surface area contributed by atoms with Crippen LogP contribution in [0.4, 0.5) is 0 Å². The number of aryl methyl sites for hydroxylation is 1. The van der Waals surface area contributed by atoms with Crippen molar-refractivity contribution in [2.24, 2.45) is 0 Å². The summed E-state index contributed by atoms with van der Waals surface area (Å²) in [6.45, 7) is 4.24. The van der Waals surface area contributed by atoms with E-state index in [9.17, 15) is 4.79 Å². The number of hydrogen-bond acceptors (Lipinski definition) is 4. The van der Waals surface area contributed by atoms with Crippen molar-refractivity contribution in [2.45, 2.75) is 20.4 Å². The number of aromatic nitrogens is 1. The maximum Gasteiger partial charge on any atom is 0.243 e. The second kappa shape index (κ2) is 5.64. The molecule has 18 heavy (non-hydrogen) atoms. The summed E-state index contributed by atoms with van der Waals surface area (Å²) in [5.41, 5.74) is 0.923. The molecule has 0 aliphatic rings. The molecule has 0 atom stereocenters. The smallest absolute Gasteiger partial charge is 0.243 e. The van der Waals surface area contributed by atoms with Gasteiger partial charge in [0.15, 0.2) is 10.8 Å². The highest BCUT2D eigenvalue weighted by atomic mass is 32.1. The fourth-order valence-electron chi connectivity index (χ4n) is 1.48. The topological polar surface area (TPSA) is 55.1 Å². The maximum absolute atomic E-state index is 11.3. The van der Waals surface area contributed by atoms with Gasteiger partial charge in [-0.1, -0.05) is 6.08 Å². The molecule has 1 N–H and O–H groups in total. The van der Waals surface area contributed by atoms with Crippen molar-refractivity contribution in [2.75, 3.05) is 0 Å². The molecule has 2 aromatic rings. The lowest BCUT2D eigenvalue weighted by Gasteiger charge is -1.99. The van der Waals surface area contributed by atoms with E-state index >= 15 is 0 Å². The number of carbonyl (C=O) groups excluding carboxylic acids is 1. The van der Waals surface area contributed by atoms with Crippen molar-refractivity contribution in [1.29, 1.82) is 0 Å². The molecule has 0 fully saturated rings. The summed E-state index contributed by atoms with van der Waals surface area (Å²) in [5.74, 6) is 0.666. The van der Waals surface area contributed by atoms with E-state index in [0.29, 0.717) is 6.54 Å². The van der Waals surface area contributed by atoms with Crippen molar-refractivity contribution in [3.63, 3.8) is 0 Å². The van der Waals surface area contributed by atoms with Crippen LogP contribution < -0.4 is 5.32 Å². The van der Waals surface area contributed by atoms with E-state index in [1.165, 1.54) is 17.4 Å². The third kappa shape index (κ3) is 2.87. The highest BCUT2D eigenvalue weighted by Crippen LogP contribution is 2.27. The van der Waals surface area contributed by atoms with Crippen LogP contribution in [0.5, 0.6) is 0 Å². The Morgan fingerprint density at radius 3 is 3.11 bits per heavy atom. The quantitative estimate of drug-likeness (QED) is 0.862. The Bertz CT molecular complexity index is 556. The Hall–Kier alpha value is -1.88. The average molecular weight is 262 g/mol. The van der Waals surface area contributed by atoms with Crippen LogP contribution in [0.2, 0.25) is 0 Å². The Morgan fingerprint density at radius 1 is 1.61 bits per heavy atom. The number of thiazole rings is 1. The molecule has 0 bridgehead atoms. The van der Waals surface area contributed by atoms with E-state index in [1.54, 1.807) is 12.3 Å². The molecule has 0 aromatic carbocycles. The molecule has 2 aromatic heterocycles. The molecule has 0 aliphatic heterocycles. The predicted molar refractivity (Wildman–Crippen MR) is 71.2 cm³/mol. The monoisotopic (exact) mass is 262 g/mol. The number of amides is 1. The molecule has 0 aliphatic carbocycles. The zero-order valence-corrected chi connectivity index (χ0v) is 11.1. The molecule has 0 saturated carbocycles. The molecule has 0 saturated heterocycles. The van der Waals surface area contributed by atoms with Gasteiger partial charge in [-0.25, -0.2) is 4.98 Å². The highest BCUT2D eigenvalue weighted by Gasteiger charge is 2.11. The predicted octanol–water partition coefficient (Wildman–Crippen LogP) is 2.90. The zero-order chi connectivity index (χ0) is 13.0. The molecule has 1 amide bonds. The first-order valence-electron chi connectivity index (χ1n) is 5.61. The van der Waals surface area contributed by atoms with Gasteiger partial charge in [0.2, 0.25) is 5.91 Å². The van der Waals surface area contributed by atoms with Crippen LogP contribution in [0.1, 0.15) is 17.5 Å². The molecular formula is C13H14N2O2S. The minimum Gasteiger partial charge on any atom is -0.462 e. The fraction of sp³-hybridized carbons (Fsp3) is 0.231. The van der Waals surface area contributed by atoms with Gasteiger partial charge in [0.1, 0.15) is 0 Å². The standard InChI is InChI=1S/C13H14N2O2S/c1-3-5-12(16)14-8-11-9(2)15-13(18-11)10-6-4-7-17-10/h3-7H,8H2,1-2H3,(H,14,16)/b5-3+. The first-order valence-corrected chi connectivity index (χ1v) is 6.43. The van der Waals surface area contributed by atoms with Crippen LogP contribution in [-0.4, -0.2) is 10.9 Å². The Labute approximate surface area is 109 Å². The number of hydrogen-bond donors (Lipinski definition) is 1. The Kier molecular flexibility index (Phi) is 3.94. The number of rotatable bonds is 4. The van der Waals surface area contributed by atoms with E-state index in [0.717, 1.165) is 21.3 Å². The van der Waals surface area contributed by atoms with Gasteiger partial charge in [0.25, 0.3) is 0 Å². The van der Waals surface area contributed by atoms with Gasteiger partial charge >= 0.3 is 0 Å². The number of nitrogens with one attached hydrogen (secondary N) is 1. The average Bonchev–Trinajstić information content (AvgIpc) is 2.96. The van der Waals surface area contributed by atoms with Crippen molar-refractivity contribution in [3.05, 3.63) is 41.1 Å². The zero-order valence-electron chi connectivity index (χ0n) is 10.3. The van der Waals surface area contributed by atoms with Gasteiger partial charge in [-0.2, -0.15) is 0 Å². The first kappa shape index (κ1) is 12.6. The summed E-state index contributed by atoms with van der Waals surface area (Å²) in [4.78, 5) is 16.8. The highest BCUT2D eigenvalue weighted by molar-refractivity contribution is 7.15. The second-order valence-corrected chi connectivity index (χ2v) is 4.81. The molecule has 5 heteroatoms. The summed E-state index contributed by atoms with van der Waals surface area (Å²) in [7, 11) is 0. The van der Waals surface area contributed by atoms with Crippen LogP contribution in [0.25, 0.3) is 10.8 Å². The van der Waals surface area contributed by atoms with E-state index in [2.05, 4.69) is 10.3 Å². The van der Waals surface area contributed by atoms with Gasteiger partial charge in [-0.3, -0.25) is 4.79 Å². The van der Waals surface area contributed by atoms with Crippen LogP contribution >= 0.6 is 11.3 Å². The lowest BCUT2D eigenvalue weighted by molar-refractivity contribution is -0.116. The van der Waals surface area contributed by atoms with Gasteiger partial charge < -0.3 is 9.73 Å². The third-order valence-corrected chi connectivity index (χ3v) is 3.54. The van der Waals surface area contributed by atoms with E-state index in [-0.39, 0.29) is 5.91 Å². The molecule has 2 rings (SSSR count). The Balaban J connectivity index is 2.08. The van der Waals surface area contributed by atoms with Crippen LogP contribution in [0.15, 0.2) is 35.0 Å². The van der Waals surface area contributed by atoms with Crippen molar-refractivity contribution in [3.8, 4) is 10.8 Å². The SMILES string of the molecule is C/C=C/C(=O)NCc1sc(-c2ccco2)nc1C. The van der Waals surface area contributed by atoms with E-state index in [4.69, 9.17) is 4.42 Å². The van der Waals surface area contributed by atoms with Gasteiger partial charge in [0, 0.05) is 4.88 Å². The summed E-state index contributed by atoms with van der Waals surface area (Å²) in [6.07, 6.45) is 4.84. The molecule has 94 valence electrons. The van der Waals surface area contributed by atoms with Crippen LogP contribution in [-0.2, 0) is 11.3 Å². The van der Waals surface area contributed by atoms with Gasteiger partial charge in [-0.15, -0.1) is 11.3 Å². The largest absolute Gasteiger partial charge is 0.462 e. The molecular weight excluding hydrogens is 248 g/mol. The summed E-state index contributed by atoms with van der Waals surface area (Å²) >= 11 is 1.53. The Morgan fingerprint density at radius 2 is 2.44 bits per heavy atom. The van der Waals surface area contributed by atoms with Gasteiger partial charge in [-0.05, 0) is 32.1 Å². The summed E-state index contributed by atoms with van der Waals surface area (Å²) < 4.78 is 5.30. The maximum atomic E-state index is 11.3. The van der Waals surface area contributed by atoms with Crippen LogP contribution in [0.3, 0.4) is 0 Å². The lowest BCUT2D eigenvalue weighted by Crippen LogP contribution is -2.19. The third-order valence-electron chi connectivity index (χ3n) is 2.37. The van der Waals surface area contributed by atoms with Gasteiger partial charge in [0.05, 0.1) is 18.5 Å². The minimum absolute atomic E-state index is 0.0927. The summed E-state index contributed by atoms with van der Waals surface area (Å²) in [6, 6.07) is 3.71. The fourth-order valence-corrected chi connectivity index (χ4v) is 2.45. The summed E-state index contributed by atoms with van der Waals surface area (Å²) in [5, 5.41) is 3.65.